The van der Waals surface area contributed by atoms with Crippen LogP contribution in [-0.4, -0.2) is 42.9 Å². The van der Waals surface area contributed by atoms with Crippen molar-refractivity contribution in [3.8, 4) is 5.75 Å². The van der Waals surface area contributed by atoms with Gasteiger partial charge in [-0.1, -0.05) is 71.1 Å². The van der Waals surface area contributed by atoms with Crippen molar-refractivity contribution in [2.45, 2.75) is 45.1 Å². The SMILES string of the molecule is C=C\C=C/C(=C\C)C(/CCCO)=C(/c1ccc(Br)cc1)c1ccc(OCCC2CCCN2C)cc1. The van der Waals surface area contributed by atoms with Crippen LogP contribution in [0.15, 0.2) is 95.0 Å². The van der Waals surface area contributed by atoms with E-state index in [9.17, 15) is 5.11 Å². The number of aliphatic hydroxyl groups excluding tert-OH is 1. The molecule has 1 atom stereocenters. The molecule has 1 heterocycles. The van der Waals surface area contributed by atoms with Gasteiger partial charge in [-0.05, 0) is 105 Å². The lowest BCUT2D eigenvalue weighted by atomic mass is 9.86. The minimum atomic E-state index is 0.155. The summed E-state index contributed by atoms with van der Waals surface area (Å²) in [6.07, 6.45) is 13.1. The Morgan fingerprint density at radius 1 is 1.14 bits per heavy atom. The summed E-state index contributed by atoms with van der Waals surface area (Å²) in [5.41, 5.74) is 5.80. The number of benzene rings is 2. The van der Waals surface area contributed by atoms with Gasteiger partial charge >= 0.3 is 0 Å². The minimum Gasteiger partial charge on any atom is -0.494 e. The molecule has 0 amide bonds. The minimum absolute atomic E-state index is 0.155. The Kier molecular flexibility index (Phi) is 11.1. The fourth-order valence-corrected chi connectivity index (χ4v) is 4.98. The molecule has 3 rings (SSSR count). The monoisotopic (exact) mass is 535 g/mol. The smallest absolute Gasteiger partial charge is 0.119 e. The molecule has 0 aromatic heterocycles. The number of likely N-dealkylation sites (tertiary alicyclic amines) is 1. The van der Waals surface area contributed by atoms with Gasteiger partial charge in [-0.2, -0.15) is 0 Å². The highest BCUT2D eigenvalue weighted by Crippen LogP contribution is 2.35. The molecule has 0 saturated carbocycles. The molecule has 2 aromatic carbocycles. The third-order valence-corrected chi connectivity index (χ3v) is 7.15. The molecule has 2 aromatic rings. The van der Waals surface area contributed by atoms with Crippen molar-refractivity contribution in [3.63, 3.8) is 0 Å². The maximum atomic E-state index is 9.62. The van der Waals surface area contributed by atoms with Crippen molar-refractivity contribution in [2.75, 3.05) is 26.8 Å². The normalized spacial score (nSPS) is 17.6. The van der Waals surface area contributed by atoms with Crippen molar-refractivity contribution in [2.24, 2.45) is 0 Å². The van der Waals surface area contributed by atoms with Gasteiger partial charge in [0, 0.05) is 17.1 Å². The van der Waals surface area contributed by atoms with Gasteiger partial charge in [0.15, 0.2) is 0 Å². The zero-order valence-electron chi connectivity index (χ0n) is 21.1. The van der Waals surface area contributed by atoms with Crippen molar-refractivity contribution in [1.29, 1.82) is 0 Å². The molecule has 1 aliphatic heterocycles. The highest BCUT2D eigenvalue weighted by molar-refractivity contribution is 9.10. The first-order valence-electron chi connectivity index (χ1n) is 12.6. The number of nitrogens with zero attached hydrogens (tertiary/aromatic N) is 1. The maximum Gasteiger partial charge on any atom is 0.119 e. The Morgan fingerprint density at radius 3 is 2.40 bits per heavy atom. The number of allylic oxidation sites excluding steroid dienone is 6. The van der Waals surface area contributed by atoms with E-state index in [-0.39, 0.29) is 6.61 Å². The lowest BCUT2D eigenvalue weighted by Crippen LogP contribution is -2.26. The Bertz CT molecular complexity index is 1030. The van der Waals surface area contributed by atoms with E-state index in [0.29, 0.717) is 12.5 Å². The molecule has 1 unspecified atom stereocenters. The zero-order valence-corrected chi connectivity index (χ0v) is 22.6. The maximum absolute atomic E-state index is 9.62. The predicted octanol–water partition coefficient (Wildman–Crippen LogP) is 7.58. The van der Waals surface area contributed by atoms with Crippen LogP contribution in [0.25, 0.3) is 5.57 Å². The first-order chi connectivity index (χ1) is 17.1. The van der Waals surface area contributed by atoms with Crippen molar-refractivity contribution < 1.29 is 9.84 Å². The fourth-order valence-electron chi connectivity index (χ4n) is 4.72. The van der Waals surface area contributed by atoms with E-state index >= 15 is 0 Å². The molecule has 186 valence electrons. The summed E-state index contributed by atoms with van der Waals surface area (Å²) in [6, 6.07) is 17.5. The largest absolute Gasteiger partial charge is 0.494 e. The molecule has 0 aliphatic carbocycles. The van der Waals surface area contributed by atoms with Gasteiger partial charge in [0.2, 0.25) is 0 Å². The third kappa shape index (κ3) is 7.79. The summed E-state index contributed by atoms with van der Waals surface area (Å²) in [6.45, 7) is 7.97. The van der Waals surface area contributed by atoms with Crippen LogP contribution in [0.2, 0.25) is 0 Å². The molecule has 0 spiro atoms. The molecule has 0 radical (unpaired) electrons. The zero-order chi connectivity index (χ0) is 25.0. The summed E-state index contributed by atoms with van der Waals surface area (Å²) >= 11 is 3.57. The van der Waals surface area contributed by atoms with E-state index in [1.807, 2.05) is 6.08 Å². The van der Waals surface area contributed by atoms with Gasteiger partial charge in [0.25, 0.3) is 0 Å². The molecular weight excluding hydrogens is 498 g/mol. The van der Waals surface area contributed by atoms with Gasteiger partial charge < -0.3 is 14.7 Å². The molecule has 1 N–H and O–H groups in total. The van der Waals surface area contributed by atoms with Crippen LogP contribution in [0, 0.1) is 0 Å². The quantitative estimate of drug-likeness (QED) is 0.284. The average molecular weight is 537 g/mol. The number of rotatable bonds is 12. The van der Waals surface area contributed by atoms with Gasteiger partial charge in [0.05, 0.1) is 6.61 Å². The molecule has 1 aliphatic rings. The van der Waals surface area contributed by atoms with E-state index in [2.05, 4.69) is 102 Å². The highest BCUT2D eigenvalue weighted by atomic mass is 79.9. The van der Waals surface area contributed by atoms with E-state index in [1.165, 1.54) is 30.5 Å². The summed E-state index contributed by atoms with van der Waals surface area (Å²) in [5, 5.41) is 9.62. The summed E-state index contributed by atoms with van der Waals surface area (Å²) < 4.78 is 7.15. The van der Waals surface area contributed by atoms with Crippen LogP contribution in [0.5, 0.6) is 5.75 Å². The van der Waals surface area contributed by atoms with E-state index in [1.54, 1.807) is 6.08 Å². The van der Waals surface area contributed by atoms with Gasteiger partial charge in [-0.3, -0.25) is 0 Å². The number of hydrogen-bond acceptors (Lipinski definition) is 3. The van der Waals surface area contributed by atoms with Crippen molar-refractivity contribution in [3.05, 3.63) is 106 Å². The Morgan fingerprint density at radius 2 is 1.83 bits per heavy atom. The summed E-state index contributed by atoms with van der Waals surface area (Å²) in [4.78, 5) is 2.44. The third-order valence-electron chi connectivity index (χ3n) is 6.63. The fraction of sp³-hybridized carbons (Fsp3) is 0.355. The molecule has 35 heavy (non-hydrogen) atoms. The van der Waals surface area contributed by atoms with Crippen LogP contribution in [-0.2, 0) is 0 Å². The molecule has 1 saturated heterocycles. The molecular formula is C31H38BrNO2. The second-order valence-corrected chi connectivity index (χ2v) is 9.88. The molecule has 0 bridgehead atoms. The lowest BCUT2D eigenvalue weighted by Gasteiger charge is -2.20. The number of halogens is 1. The predicted molar refractivity (Wildman–Crippen MR) is 152 cm³/mol. The molecule has 1 fully saturated rings. The number of ether oxygens (including phenoxy) is 1. The molecule has 4 heteroatoms. The average Bonchev–Trinajstić information content (AvgIpc) is 3.29. The van der Waals surface area contributed by atoms with Crippen LogP contribution in [0.4, 0.5) is 0 Å². The lowest BCUT2D eigenvalue weighted by molar-refractivity contribution is 0.233. The first kappa shape index (κ1) is 27.2. The summed E-state index contributed by atoms with van der Waals surface area (Å²) in [5.74, 6) is 0.902. The van der Waals surface area contributed by atoms with Crippen LogP contribution in [0.1, 0.15) is 50.2 Å². The van der Waals surface area contributed by atoms with Gasteiger partial charge in [-0.25, -0.2) is 0 Å². The first-order valence-corrected chi connectivity index (χ1v) is 13.4. The van der Waals surface area contributed by atoms with Gasteiger partial charge in [0.1, 0.15) is 5.75 Å². The van der Waals surface area contributed by atoms with Crippen LogP contribution < -0.4 is 4.74 Å². The van der Waals surface area contributed by atoms with E-state index in [0.717, 1.165) is 46.4 Å². The van der Waals surface area contributed by atoms with Crippen molar-refractivity contribution in [1.82, 2.24) is 4.90 Å². The molecule has 3 nitrogen and oxygen atoms in total. The second kappa shape index (κ2) is 14.2. The number of aliphatic hydroxyl groups is 1. The Hall–Kier alpha value is -2.40. The van der Waals surface area contributed by atoms with E-state index < -0.39 is 0 Å². The van der Waals surface area contributed by atoms with E-state index in [4.69, 9.17) is 4.74 Å². The topological polar surface area (TPSA) is 32.7 Å². The van der Waals surface area contributed by atoms with Crippen LogP contribution in [0.3, 0.4) is 0 Å². The van der Waals surface area contributed by atoms with Crippen molar-refractivity contribution >= 4 is 21.5 Å². The highest BCUT2D eigenvalue weighted by Gasteiger charge is 2.20. The second-order valence-electron chi connectivity index (χ2n) is 8.96. The summed E-state index contributed by atoms with van der Waals surface area (Å²) in [7, 11) is 2.21. The Balaban J connectivity index is 1.94. The standard InChI is InChI=1S/C31H38BrNO2/c1-4-6-9-24(5-2)30(11-8-22-34)31(25-12-16-27(32)17-13-25)26-14-18-29(19-15-26)35-23-20-28-10-7-21-33(28)3/h4-6,9,12-19,28,34H,1,7-8,10-11,20-23H2,2-3H3/b9-6-,24-5+,31-30-. The van der Waals surface area contributed by atoms with Crippen LogP contribution >= 0.6 is 15.9 Å². The van der Waals surface area contributed by atoms with Gasteiger partial charge in [-0.15, -0.1) is 0 Å². The number of hydrogen-bond donors (Lipinski definition) is 1. The Labute approximate surface area is 219 Å².